The maximum absolute atomic E-state index is 12.6. The summed E-state index contributed by atoms with van der Waals surface area (Å²) in [6.45, 7) is 4.26. The molecule has 0 aliphatic heterocycles. The lowest BCUT2D eigenvalue weighted by Gasteiger charge is -2.09. The van der Waals surface area contributed by atoms with Crippen LogP contribution in [0.25, 0.3) is 10.1 Å². The number of nitrogens with zero attached hydrogens (tertiary/aromatic N) is 1. The molecule has 1 N–H and O–H groups in total. The molecule has 2 aromatic carbocycles. The van der Waals surface area contributed by atoms with Crippen molar-refractivity contribution in [2.24, 2.45) is 11.0 Å². The maximum Gasteiger partial charge on any atom is 0.283 e. The number of hydrazone groups is 1. The normalized spacial score (nSPS) is 11.9. The topological polar surface area (TPSA) is 41.5 Å². The zero-order valence-corrected chi connectivity index (χ0v) is 15.7. The van der Waals surface area contributed by atoms with Gasteiger partial charge in [0.15, 0.2) is 0 Å². The number of thiophene rings is 1. The molecule has 128 valence electrons. The molecule has 3 nitrogen and oxygen atoms in total. The smallest absolute Gasteiger partial charge is 0.266 e. The Morgan fingerprint density at radius 2 is 1.80 bits per heavy atom. The van der Waals surface area contributed by atoms with E-state index in [9.17, 15) is 4.79 Å². The lowest BCUT2D eigenvalue weighted by atomic mass is 10.0. The number of benzene rings is 2. The number of halogens is 1. The third-order valence-corrected chi connectivity index (χ3v) is 5.42. The van der Waals surface area contributed by atoms with E-state index in [4.69, 9.17) is 11.6 Å². The Labute approximate surface area is 156 Å². The lowest BCUT2D eigenvalue weighted by Crippen LogP contribution is -2.20. The summed E-state index contributed by atoms with van der Waals surface area (Å²) in [5.41, 5.74) is 4.55. The molecule has 1 aromatic heterocycles. The van der Waals surface area contributed by atoms with E-state index in [0.717, 1.165) is 27.8 Å². The first-order valence-corrected chi connectivity index (χ1v) is 9.35. The molecule has 0 saturated carbocycles. The molecule has 0 bridgehead atoms. The summed E-state index contributed by atoms with van der Waals surface area (Å²) in [5.74, 6) is 0.159. The predicted octanol–water partition coefficient (Wildman–Crippen LogP) is 5.73. The Morgan fingerprint density at radius 1 is 1.12 bits per heavy atom. The van der Waals surface area contributed by atoms with Crippen LogP contribution in [0.2, 0.25) is 5.02 Å². The minimum Gasteiger partial charge on any atom is -0.266 e. The van der Waals surface area contributed by atoms with Crippen molar-refractivity contribution in [1.29, 1.82) is 0 Å². The second-order valence-electron chi connectivity index (χ2n) is 6.20. The van der Waals surface area contributed by atoms with Crippen LogP contribution >= 0.6 is 22.9 Å². The highest BCUT2D eigenvalue weighted by molar-refractivity contribution is 7.21. The molecular weight excluding hydrogens is 352 g/mol. The monoisotopic (exact) mass is 370 g/mol. The maximum atomic E-state index is 12.6. The quantitative estimate of drug-likeness (QED) is 0.452. The number of hydrogen-bond donors (Lipinski definition) is 1. The van der Waals surface area contributed by atoms with Crippen LogP contribution in [0.15, 0.2) is 59.7 Å². The molecule has 0 fully saturated rings. The average molecular weight is 371 g/mol. The largest absolute Gasteiger partial charge is 0.283 e. The van der Waals surface area contributed by atoms with E-state index >= 15 is 0 Å². The van der Waals surface area contributed by atoms with Crippen molar-refractivity contribution in [3.63, 3.8) is 0 Å². The SMILES string of the molecule is CC(C)C/C(=N\NC(=O)c1sc2ccccc2c1Cl)c1ccccc1. The number of nitrogens with one attached hydrogen (secondary N) is 1. The predicted molar refractivity (Wildman–Crippen MR) is 107 cm³/mol. The Bertz CT molecular complexity index is 916. The summed E-state index contributed by atoms with van der Waals surface area (Å²) in [7, 11) is 0. The standard InChI is InChI=1S/C20H19ClN2OS/c1-13(2)12-16(14-8-4-3-5-9-14)22-23-20(24)19-18(21)15-10-6-7-11-17(15)25-19/h3-11,13H,12H2,1-2H3,(H,23,24)/b22-16+. The van der Waals surface area contributed by atoms with Gasteiger partial charge in [-0.1, -0.05) is 74.0 Å². The summed E-state index contributed by atoms with van der Waals surface area (Å²) < 4.78 is 0.993. The number of hydrogen-bond acceptors (Lipinski definition) is 3. The minimum atomic E-state index is -0.275. The summed E-state index contributed by atoms with van der Waals surface area (Å²) in [5, 5.41) is 5.77. The van der Waals surface area contributed by atoms with Gasteiger partial charge in [0, 0.05) is 10.1 Å². The Balaban J connectivity index is 1.86. The van der Waals surface area contributed by atoms with Gasteiger partial charge in [-0.25, -0.2) is 5.43 Å². The number of fused-ring (bicyclic) bond motifs is 1. The van der Waals surface area contributed by atoms with Crippen LogP contribution in [-0.2, 0) is 0 Å². The van der Waals surface area contributed by atoms with Crippen molar-refractivity contribution < 1.29 is 4.79 Å². The molecule has 3 aromatic rings. The third kappa shape index (κ3) is 4.09. The zero-order valence-electron chi connectivity index (χ0n) is 14.1. The minimum absolute atomic E-state index is 0.275. The fraction of sp³-hybridized carbons (Fsp3) is 0.200. The number of carbonyl (C=O) groups is 1. The number of amides is 1. The van der Waals surface area contributed by atoms with Crippen LogP contribution in [0.3, 0.4) is 0 Å². The highest BCUT2D eigenvalue weighted by atomic mass is 35.5. The second-order valence-corrected chi connectivity index (χ2v) is 7.63. The van der Waals surface area contributed by atoms with E-state index in [1.807, 2.05) is 54.6 Å². The van der Waals surface area contributed by atoms with Crippen molar-refractivity contribution in [2.45, 2.75) is 20.3 Å². The first-order valence-electron chi connectivity index (χ1n) is 8.15. The van der Waals surface area contributed by atoms with E-state index in [2.05, 4.69) is 24.4 Å². The van der Waals surface area contributed by atoms with E-state index in [-0.39, 0.29) is 5.91 Å². The Hall–Kier alpha value is -2.17. The van der Waals surface area contributed by atoms with Crippen LogP contribution in [0.4, 0.5) is 0 Å². The third-order valence-electron chi connectivity index (χ3n) is 3.74. The summed E-state index contributed by atoms with van der Waals surface area (Å²) in [6, 6.07) is 17.6. The molecule has 3 rings (SSSR count). The van der Waals surface area contributed by atoms with Gasteiger partial charge in [0.1, 0.15) is 4.88 Å². The molecular formula is C20H19ClN2OS. The first-order chi connectivity index (χ1) is 12.1. The van der Waals surface area contributed by atoms with Gasteiger partial charge in [0.2, 0.25) is 0 Å². The Kier molecular flexibility index (Phi) is 5.51. The first kappa shape index (κ1) is 17.6. The van der Waals surface area contributed by atoms with Gasteiger partial charge in [0.25, 0.3) is 5.91 Å². The van der Waals surface area contributed by atoms with Crippen molar-refractivity contribution in [1.82, 2.24) is 5.43 Å². The van der Waals surface area contributed by atoms with E-state index in [0.29, 0.717) is 15.8 Å². The van der Waals surface area contributed by atoms with Crippen molar-refractivity contribution in [2.75, 3.05) is 0 Å². The average Bonchev–Trinajstić information content (AvgIpc) is 2.96. The van der Waals surface area contributed by atoms with E-state index in [1.165, 1.54) is 11.3 Å². The van der Waals surface area contributed by atoms with Crippen LogP contribution in [-0.4, -0.2) is 11.6 Å². The summed E-state index contributed by atoms with van der Waals surface area (Å²) in [4.78, 5) is 13.1. The fourth-order valence-corrected chi connectivity index (χ4v) is 3.98. The molecule has 0 aliphatic rings. The van der Waals surface area contributed by atoms with Crippen molar-refractivity contribution in [3.05, 3.63) is 70.1 Å². The van der Waals surface area contributed by atoms with Crippen LogP contribution in [0.5, 0.6) is 0 Å². The molecule has 0 aliphatic carbocycles. The van der Waals surface area contributed by atoms with Crippen LogP contribution < -0.4 is 5.43 Å². The Morgan fingerprint density at radius 3 is 2.48 bits per heavy atom. The van der Waals surface area contributed by atoms with Crippen molar-refractivity contribution >= 4 is 44.6 Å². The number of rotatable bonds is 5. The fourth-order valence-electron chi connectivity index (χ4n) is 2.57. The summed E-state index contributed by atoms with van der Waals surface area (Å²) >= 11 is 7.75. The number of carbonyl (C=O) groups excluding carboxylic acids is 1. The molecule has 1 amide bonds. The van der Waals surface area contributed by atoms with Gasteiger partial charge in [-0.15, -0.1) is 11.3 Å². The van der Waals surface area contributed by atoms with Gasteiger partial charge in [0.05, 0.1) is 10.7 Å². The molecule has 0 spiro atoms. The van der Waals surface area contributed by atoms with E-state index < -0.39 is 0 Å². The van der Waals surface area contributed by atoms with Gasteiger partial charge >= 0.3 is 0 Å². The highest BCUT2D eigenvalue weighted by Crippen LogP contribution is 2.34. The molecule has 25 heavy (non-hydrogen) atoms. The lowest BCUT2D eigenvalue weighted by molar-refractivity contribution is 0.0959. The molecule has 0 atom stereocenters. The van der Waals surface area contributed by atoms with Gasteiger partial charge in [-0.05, 0) is 24.0 Å². The second kappa shape index (κ2) is 7.81. The molecule has 0 saturated heterocycles. The van der Waals surface area contributed by atoms with Crippen LogP contribution in [0.1, 0.15) is 35.5 Å². The molecule has 0 unspecified atom stereocenters. The van der Waals surface area contributed by atoms with Crippen LogP contribution in [0, 0.1) is 5.92 Å². The van der Waals surface area contributed by atoms with Gasteiger partial charge in [-0.3, -0.25) is 4.79 Å². The molecule has 1 heterocycles. The molecule has 5 heteroatoms. The van der Waals surface area contributed by atoms with E-state index in [1.54, 1.807) is 0 Å². The molecule has 0 radical (unpaired) electrons. The highest BCUT2D eigenvalue weighted by Gasteiger charge is 2.17. The van der Waals surface area contributed by atoms with Crippen molar-refractivity contribution in [3.8, 4) is 0 Å². The van der Waals surface area contributed by atoms with Gasteiger partial charge in [-0.2, -0.15) is 5.10 Å². The van der Waals surface area contributed by atoms with Gasteiger partial charge < -0.3 is 0 Å². The summed E-state index contributed by atoms with van der Waals surface area (Å²) in [6.07, 6.45) is 0.782. The zero-order chi connectivity index (χ0) is 17.8.